The van der Waals surface area contributed by atoms with Crippen molar-refractivity contribution in [1.82, 2.24) is 10.2 Å². The number of halogens is 1. The van der Waals surface area contributed by atoms with Crippen LogP contribution in [0.1, 0.15) is 53.6 Å². The molecule has 2 aliphatic heterocycles. The highest BCUT2D eigenvalue weighted by Crippen LogP contribution is 2.32. The normalized spacial score (nSPS) is 31.0. The summed E-state index contributed by atoms with van der Waals surface area (Å²) in [6.07, 6.45) is 2.24. The summed E-state index contributed by atoms with van der Waals surface area (Å²) in [5.74, 6) is -0.771. The fourth-order valence-electron chi connectivity index (χ4n) is 4.52. The van der Waals surface area contributed by atoms with Gasteiger partial charge in [0.15, 0.2) is 0 Å². The van der Waals surface area contributed by atoms with E-state index in [0.717, 1.165) is 11.1 Å². The first-order valence-electron chi connectivity index (χ1n) is 9.58. The van der Waals surface area contributed by atoms with Crippen LogP contribution in [0, 0.1) is 5.92 Å². The van der Waals surface area contributed by atoms with E-state index in [-0.39, 0.29) is 30.2 Å². The van der Waals surface area contributed by atoms with E-state index in [4.69, 9.17) is 5.73 Å². The van der Waals surface area contributed by atoms with Crippen LogP contribution in [0.15, 0.2) is 18.2 Å². The topological polar surface area (TPSA) is 92.5 Å². The maximum atomic E-state index is 13.7. The van der Waals surface area contributed by atoms with Gasteiger partial charge >= 0.3 is 0 Å². The SMILES string of the molecule is N[C@H]1CCC(F)C[C@@H]1Cc1ccc2c(c1)CN(C1CCC(=O)NC1=O)C2=O. The van der Waals surface area contributed by atoms with Crippen molar-refractivity contribution in [1.29, 1.82) is 0 Å². The molecule has 0 bridgehead atoms. The van der Waals surface area contributed by atoms with Crippen molar-refractivity contribution in [3.05, 3.63) is 34.9 Å². The average Bonchev–Trinajstić information content (AvgIpc) is 2.94. The first kappa shape index (κ1) is 18.1. The molecule has 1 saturated carbocycles. The molecule has 0 radical (unpaired) electrons. The summed E-state index contributed by atoms with van der Waals surface area (Å²) in [6, 6.07) is 5.07. The highest BCUT2D eigenvalue weighted by Gasteiger charge is 2.39. The predicted molar refractivity (Wildman–Crippen MR) is 96.4 cm³/mol. The number of nitrogens with one attached hydrogen (secondary N) is 1. The second-order valence-corrected chi connectivity index (χ2v) is 7.93. The number of benzene rings is 1. The molecule has 0 aromatic heterocycles. The highest BCUT2D eigenvalue weighted by molar-refractivity contribution is 6.05. The number of amides is 3. The van der Waals surface area contributed by atoms with Crippen LogP contribution in [-0.4, -0.2) is 40.9 Å². The third-order valence-electron chi connectivity index (χ3n) is 6.06. The number of fused-ring (bicyclic) bond motifs is 1. The van der Waals surface area contributed by atoms with E-state index in [1.807, 2.05) is 12.1 Å². The molecule has 7 heteroatoms. The molecule has 1 aliphatic carbocycles. The second-order valence-electron chi connectivity index (χ2n) is 7.93. The minimum Gasteiger partial charge on any atom is -0.327 e. The second kappa shape index (κ2) is 7.03. The standard InChI is InChI=1S/C20H24FN3O3/c21-14-2-4-16(22)12(9-14)7-11-1-3-15-13(8-11)10-24(20(15)27)17-5-6-18(25)23-19(17)26/h1,3,8,12,14,16-17H,2,4-7,9-10,22H2,(H,23,25,26)/t12-,14?,16-,17?/m0/s1. The van der Waals surface area contributed by atoms with E-state index in [2.05, 4.69) is 5.32 Å². The van der Waals surface area contributed by atoms with Crippen LogP contribution in [-0.2, 0) is 22.6 Å². The Morgan fingerprint density at radius 1 is 1.19 bits per heavy atom. The molecule has 2 unspecified atom stereocenters. The van der Waals surface area contributed by atoms with Crippen LogP contribution in [0.3, 0.4) is 0 Å². The van der Waals surface area contributed by atoms with Gasteiger partial charge in [-0.1, -0.05) is 12.1 Å². The highest BCUT2D eigenvalue weighted by atomic mass is 19.1. The zero-order valence-corrected chi connectivity index (χ0v) is 15.1. The van der Waals surface area contributed by atoms with Crippen molar-refractivity contribution in [2.24, 2.45) is 11.7 Å². The number of hydrogen-bond acceptors (Lipinski definition) is 4. The Kier molecular flexibility index (Phi) is 4.72. The summed E-state index contributed by atoms with van der Waals surface area (Å²) in [7, 11) is 0. The fraction of sp³-hybridized carbons (Fsp3) is 0.550. The van der Waals surface area contributed by atoms with Gasteiger partial charge in [0.1, 0.15) is 12.2 Å². The van der Waals surface area contributed by atoms with Gasteiger partial charge in [0.25, 0.3) is 5.91 Å². The molecule has 1 saturated heterocycles. The van der Waals surface area contributed by atoms with Gasteiger partial charge in [-0.15, -0.1) is 0 Å². The molecule has 1 aromatic carbocycles. The van der Waals surface area contributed by atoms with E-state index in [0.29, 0.717) is 44.2 Å². The van der Waals surface area contributed by atoms with Gasteiger partial charge in [-0.2, -0.15) is 0 Å². The Hall–Kier alpha value is -2.28. The summed E-state index contributed by atoms with van der Waals surface area (Å²) in [6.45, 7) is 0.358. The molecule has 6 nitrogen and oxygen atoms in total. The van der Waals surface area contributed by atoms with Crippen LogP contribution in [0.4, 0.5) is 4.39 Å². The van der Waals surface area contributed by atoms with E-state index in [9.17, 15) is 18.8 Å². The smallest absolute Gasteiger partial charge is 0.255 e. The fourth-order valence-corrected chi connectivity index (χ4v) is 4.52. The number of carbonyl (C=O) groups excluding carboxylic acids is 3. The van der Waals surface area contributed by atoms with Crippen LogP contribution in [0.5, 0.6) is 0 Å². The predicted octanol–water partition coefficient (Wildman–Crippen LogP) is 1.46. The van der Waals surface area contributed by atoms with Gasteiger partial charge < -0.3 is 10.6 Å². The summed E-state index contributed by atoms with van der Waals surface area (Å²) in [5.41, 5.74) is 8.69. The van der Waals surface area contributed by atoms with Gasteiger partial charge in [0.05, 0.1) is 0 Å². The van der Waals surface area contributed by atoms with Crippen molar-refractivity contribution in [2.45, 2.75) is 63.3 Å². The molecule has 27 heavy (non-hydrogen) atoms. The van der Waals surface area contributed by atoms with Crippen LogP contribution >= 0.6 is 0 Å². The number of rotatable bonds is 3. The van der Waals surface area contributed by atoms with E-state index in [1.165, 1.54) is 0 Å². The van der Waals surface area contributed by atoms with Crippen molar-refractivity contribution < 1.29 is 18.8 Å². The van der Waals surface area contributed by atoms with Gasteiger partial charge in [-0.05, 0) is 55.2 Å². The quantitative estimate of drug-likeness (QED) is 0.785. The van der Waals surface area contributed by atoms with E-state index >= 15 is 0 Å². The van der Waals surface area contributed by atoms with Gasteiger partial charge in [0, 0.05) is 24.6 Å². The number of nitrogens with zero attached hydrogens (tertiary/aromatic N) is 1. The van der Waals surface area contributed by atoms with Crippen molar-refractivity contribution in [3.63, 3.8) is 0 Å². The maximum Gasteiger partial charge on any atom is 0.255 e. The summed E-state index contributed by atoms with van der Waals surface area (Å²) < 4.78 is 13.7. The maximum absolute atomic E-state index is 13.7. The zero-order valence-electron chi connectivity index (χ0n) is 15.1. The average molecular weight is 373 g/mol. The number of alkyl halides is 1. The monoisotopic (exact) mass is 373 g/mol. The Bertz CT molecular complexity index is 797. The zero-order chi connectivity index (χ0) is 19.1. The molecule has 3 aliphatic rings. The number of carbonyl (C=O) groups is 3. The molecule has 2 heterocycles. The lowest BCUT2D eigenvalue weighted by molar-refractivity contribution is -0.136. The molecule has 144 valence electrons. The minimum absolute atomic E-state index is 0.00635. The van der Waals surface area contributed by atoms with Crippen LogP contribution < -0.4 is 11.1 Å². The van der Waals surface area contributed by atoms with Crippen molar-refractivity contribution in [3.8, 4) is 0 Å². The third kappa shape index (κ3) is 3.48. The van der Waals surface area contributed by atoms with E-state index < -0.39 is 18.1 Å². The summed E-state index contributed by atoms with van der Waals surface area (Å²) >= 11 is 0. The molecule has 3 N–H and O–H groups in total. The summed E-state index contributed by atoms with van der Waals surface area (Å²) in [4.78, 5) is 37.7. The lowest BCUT2D eigenvalue weighted by Gasteiger charge is -2.30. The van der Waals surface area contributed by atoms with Gasteiger partial charge in [-0.25, -0.2) is 4.39 Å². The Labute approximate surface area is 157 Å². The largest absolute Gasteiger partial charge is 0.327 e. The summed E-state index contributed by atoms with van der Waals surface area (Å²) in [5, 5.41) is 2.31. The molecule has 1 aromatic rings. The van der Waals surface area contributed by atoms with Crippen molar-refractivity contribution >= 4 is 17.7 Å². The van der Waals surface area contributed by atoms with Crippen molar-refractivity contribution in [2.75, 3.05) is 0 Å². The Balaban J connectivity index is 1.49. The minimum atomic E-state index is -0.783. The molecule has 2 fully saturated rings. The lowest BCUT2D eigenvalue weighted by Crippen LogP contribution is -2.52. The molecule has 0 spiro atoms. The number of hydrogen-bond donors (Lipinski definition) is 2. The van der Waals surface area contributed by atoms with Crippen LogP contribution in [0.25, 0.3) is 0 Å². The Morgan fingerprint density at radius 3 is 2.78 bits per heavy atom. The lowest BCUT2D eigenvalue weighted by atomic mass is 9.80. The molecular weight excluding hydrogens is 349 g/mol. The van der Waals surface area contributed by atoms with Gasteiger partial charge in [-0.3, -0.25) is 19.7 Å². The molecule has 4 rings (SSSR count). The van der Waals surface area contributed by atoms with Gasteiger partial charge in [0.2, 0.25) is 11.8 Å². The van der Waals surface area contributed by atoms with Crippen LogP contribution in [0.2, 0.25) is 0 Å². The number of imide groups is 1. The number of piperidine rings is 1. The first-order valence-corrected chi connectivity index (χ1v) is 9.58. The Morgan fingerprint density at radius 2 is 2.00 bits per heavy atom. The third-order valence-corrected chi connectivity index (χ3v) is 6.06. The van der Waals surface area contributed by atoms with E-state index in [1.54, 1.807) is 11.0 Å². The first-order chi connectivity index (χ1) is 12.9. The molecular formula is C20H24FN3O3. The number of nitrogens with two attached hydrogens (primary N) is 1. The molecule has 4 atom stereocenters. The molecule has 3 amide bonds.